The summed E-state index contributed by atoms with van der Waals surface area (Å²) in [5.41, 5.74) is 0.0832. The zero-order valence-electron chi connectivity index (χ0n) is 13.1. The molecule has 1 aromatic heterocycles. The Bertz CT molecular complexity index is 486. The van der Waals surface area contributed by atoms with Crippen molar-refractivity contribution in [3.8, 4) is 36.2 Å². The summed E-state index contributed by atoms with van der Waals surface area (Å²) in [6, 6.07) is 0. The molecule has 0 N–H and O–H groups in total. The second kappa shape index (κ2) is 8.76. The van der Waals surface area contributed by atoms with Gasteiger partial charge in [-0.05, 0) is 25.7 Å². The maximum atomic E-state index is 6.02. The molecule has 22 heavy (non-hydrogen) atoms. The second-order valence-electron chi connectivity index (χ2n) is 6.00. The van der Waals surface area contributed by atoms with Crippen molar-refractivity contribution in [1.29, 1.82) is 0 Å². The van der Waals surface area contributed by atoms with Gasteiger partial charge in [0.1, 0.15) is 0 Å². The first-order chi connectivity index (χ1) is 10.8. The van der Waals surface area contributed by atoms with Gasteiger partial charge in [-0.3, -0.25) is 0 Å². The summed E-state index contributed by atoms with van der Waals surface area (Å²) in [4.78, 5) is 0. The largest absolute Gasteiger partial charge is 0.488 e. The first-order valence-corrected chi connectivity index (χ1v) is 8.93. The van der Waals surface area contributed by atoms with Gasteiger partial charge in [-0.25, -0.2) is 0 Å². The van der Waals surface area contributed by atoms with Gasteiger partial charge in [0.15, 0.2) is 11.5 Å². The minimum Gasteiger partial charge on any atom is -0.488 e. The maximum absolute atomic E-state index is 6.02. The van der Waals surface area contributed by atoms with Crippen molar-refractivity contribution in [1.82, 2.24) is 0 Å². The molecule has 0 unspecified atom stereocenters. The minimum atomic E-state index is 0.0832. The molecule has 1 aliphatic rings. The van der Waals surface area contributed by atoms with E-state index in [0.29, 0.717) is 0 Å². The van der Waals surface area contributed by atoms with Crippen LogP contribution in [0.25, 0.3) is 0 Å². The molecule has 2 rings (SSSR count). The van der Waals surface area contributed by atoms with Crippen LogP contribution in [0.15, 0.2) is 10.8 Å². The lowest BCUT2D eigenvalue weighted by atomic mass is 9.79. The summed E-state index contributed by atoms with van der Waals surface area (Å²) in [5.74, 6) is 7.21. The fourth-order valence-corrected chi connectivity index (χ4v) is 3.54. The van der Waals surface area contributed by atoms with E-state index in [2.05, 4.69) is 11.8 Å². The molecular formula is C19H24O2S. The van der Waals surface area contributed by atoms with E-state index in [1.165, 1.54) is 0 Å². The van der Waals surface area contributed by atoms with Gasteiger partial charge in [0.05, 0.1) is 13.2 Å². The summed E-state index contributed by atoms with van der Waals surface area (Å²) in [6.07, 6.45) is 19.0. The molecule has 2 nitrogen and oxygen atoms in total. The van der Waals surface area contributed by atoms with Gasteiger partial charge in [0.2, 0.25) is 0 Å². The van der Waals surface area contributed by atoms with Crippen LogP contribution >= 0.6 is 11.3 Å². The van der Waals surface area contributed by atoms with Crippen LogP contribution in [-0.2, 0) is 0 Å². The smallest absolute Gasteiger partial charge is 0.171 e. The average Bonchev–Trinajstić information content (AvgIpc) is 2.92. The van der Waals surface area contributed by atoms with Crippen molar-refractivity contribution in [3.05, 3.63) is 10.8 Å². The maximum Gasteiger partial charge on any atom is 0.171 e. The van der Waals surface area contributed by atoms with Gasteiger partial charge in [0, 0.05) is 29.0 Å². The van der Waals surface area contributed by atoms with Crippen molar-refractivity contribution < 1.29 is 9.47 Å². The van der Waals surface area contributed by atoms with Crippen LogP contribution in [0.2, 0.25) is 0 Å². The van der Waals surface area contributed by atoms with Gasteiger partial charge in [-0.15, -0.1) is 36.0 Å². The highest BCUT2D eigenvalue weighted by Gasteiger charge is 2.34. The molecule has 0 bridgehead atoms. The van der Waals surface area contributed by atoms with E-state index in [9.17, 15) is 0 Å². The second-order valence-corrected chi connectivity index (χ2v) is 6.74. The molecular weight excluding hydrogens is 292 g/mol. The number of thiophene rings is 1. The molecule has 0 atom stereocenters. The monoisotopic (exact) mass is 316 g/mol. The number of hydrogen-bond donors (Lipinski definition) is 0. The molecule has 0 saturated carbocycles. The lowest BCUT2D eigenvalue weighted by molar-refractivity contribution is 0.0789. The third-order valence-electron chi connectivity index (χ3n) is 4.22. The molecule has 3 heteroatoms. The highest BCUT2D eigenvalue weighted by atomic mass is 32.1. The molecule has 0 aromatic carbocycles. The first-order valence-electron chi connectivity index (χ1n) is 7.98. The molecule has 2 heterocycles. The SMILES string of the molecule is C#CCCCCC1(CCCCC#C)COc2cscc2OC1. The van der Waals surface area contributed by atoms with E-state index < -0.39 is 0 Å². The summed E-state index contributed by atoms with van der Waals surface area (Å²) < 4.78 is 12.0. The Hall–Kier alpha value is -1.58. The van der Waals surface area contributed by atoms with Gasteiger partial charge in [-0.1, -0.05) is 12.8 Å². The molecule has 0 spiro atoms. The number of hydrogen-bond acceptors (Lipinski definition) is 3. The summed E-state index contributed by atoms with van der Waals surface area (Å²) in [6.45, 7) is 1.45. The Morgan fingerprint density at radius 2 is 1.41 bits per heavy atom. The summed E-state index contributed by atoms with van der Waals surface area (Å²) in [7, 11) is 0. The highest BCUT2D eigenvalue weighted by molar-refractivity contribution is 7.08. The Morgan fingerprint density at radius 1 is 0.909 bits per heavy atom. The number of terminal acetylenes is 2. The zero-order chi connectivity index (χ0) is 15.7. The Balaban J connectivity index is 1.94. The van der Waals surface area contributed by atoms with Crippen molar-refractivity contribution >= 4 is 11.3 Å². The van der Waals surface area contributed by atoms with Crippen LogP contribution in [0, 0.1) is 30.1 Å². The number of unbranched alkanes of at least 4 members (excludes halogenated alkanes) is 4. The van der Waals surface area contributed by atoms with Crippen LogP contribution < -0.4 is 9.47 Å². The van der Waals surface area contributed by atoms with Crippen molar-refractivity contribution in [2.24, 2.45) is 5.41 Å². The van der Waals surface area contributed by atoms with Crippen LogP contribution in [0.5, 0.6) is 11.5 Å². The molecule has 1 aromatic rings. The lowest BCUT2D eigenvalue weighted by Gasteiger charge is -2.31. The summed E-state index contributed by atoms with van der Waals surface area (Å²) >= 11 is 1.62. The molecule has 1 aliphatic heterocycles. The fourth-order valence-electron chi connectivity index (χ4n) is 2.86. The minimum absolute atomic E-state index is 0.0832. The van der Waals surface area contributed by atoms with Crippen LogP contribution in [0.1, 0.15) is 51.4 Å². The lowest BCUT2D eigenvalue weighted by Crippen LogP contribution is -2.33. The molecule has 118 valence electrons. The quantitative estimate of drug-likeness (QED) is 0.502. The Morgan fingerprint density at radius 3 is 1.86 bits per heavy atom. The predicted octanol–water partition coefficient (Wildman–Crippen LogP) is 4.89. The fraction of sp³-hybridized carbons (Fsp3) is 0.579. The van der Waals surface area contributed by atoms with E-state index in [1.807, 2.05) is 10.8 Å². The number of rotatable bonds is 8. The van der Waals surface area contributed by atoms with Gasteiger partial charge in [-0.2, -0.15) is 0 Å². The highest BCUT2D eigenvalue weighted by Crippen LogP contribution is 2.41. The van der Waals surface area contributed by atoms with Gasteiger partial charge in [0.25, 0.3) is 0 Å². The van der Waals surface area contributed by atoms with Crippen molar-refractivity contribution in [2.75, 3.05) is 13.2 Å². The first kappa shape index (κ1) is 16.8. The topological polar surface area (TPSA) is 18.5 Å². The van der Waals surface area contributed by atoms with E-state index in [0.717, 1.165) is 76.1 Å². The number of ether oxygens (including phenoxy) is 2. The number of fused-ring (bicyclic) bond motifs is 1. The van der Waals surface area contributed by atoms with Gasteiger partial charge >= 0.3 is 0 Å². The van der Waals surface area contributed by atoms with Crippen molar-refractivity contribution in [3.63, 3.8) is 0 Å². The van der Waals surface area contributed by atoms with E-state index >= 15 is 0 Å². The standard InChI is InChI=1S/C19H24O2S/c1-3-5-7-9-11-19(12-10-8-6-4-2)15-20-17-13-22-14-18(17)21-16-19/h1-2,13-14H,5-12,15-16H2. The van der Waals surface area contributed by atoms with Crippen LogP contribution in [-0.4, -0.2) is 13.2 Å². The molecule has 0 radical (unpaired) electrons. The Kier molecular flexibility index (Phi) is 6.69. The van der Waals surface area contributed by atoms with Crippen LogP contribution in [0.3, 0.4) is 0 Å². The zero-order valence-corrected chi connectivity index (χ0v) is 13.9. The molecule has 0 fully saturated rings. The molecule has 0 amide bonds. The molecule has 0 aliphatic carbocycles. The van der Waals surface area contributed by atoms with Crippen molar-refractivity contribution in [2.45, 2.75) is 51.4 Å². The third kappa shape index (κ3) is 4.72. The summed E-state index contributed by atoms with van der Waals surface area (Å²) in [5, 5.41) is 4.03. The predicted molar refractivity (Wildman–Crippen MR) is 92.3 cm³/mol. The Labute approximate surface area is 138 Å². The average molecular weight is 316 g/mol. The third-order valence-corrected chi connectivity index (χ3v) is 4.92. The normalized spacial score (nSPS) is 15.5. The van der Waals surface area contributed by atoms with Gasteiger partial charge < -0.3 is 9.47 Å². The van der Waals surface area contributed by atoms with E-state index in [-0.39, 0.29) is 5.41 Å². The van der Waals surface area contributed by atoms with Crippen LogP contribution in [0.4, 0.5) is 0 Å². The van der Waals surface area contributed by atoms with E-state index in [4.69, 9.17) is 22.3 Å². The van der Waals surface area contributed by atoms with E-state index in [1.54, 1.807) is 11.3 Å². The molecule has 0 saturated heterocycles.